The van der Waals surface area contributed by atoms with Crippen molar-refractivity contribution in [2.24, 2.45) is 4.99 Å². The van der Waals surface area contributed by atoms with E-state index in [4.69, 9.17) is 4.99 Å². The van der Waals surface area contributed by atoms with Gasteiger partial charge in [0.2, 0.25) is 0 Å². The normalized spacial score (nSPS) is 12.6. The van der Waals surface area contributed by atoms with E-state index in [1.807, 2.05) is 11.3 Å². The van der Waals surface area contributed by atoms with Crippen molar-refractivity contribution < 1.29 is 0 Å². The lowest BCUT2D eigenvalue weighted by Gasteiger charge is -2.15. The average molecular weight is 486 g/mol. The predicted molar refractivity (Wildman–Crippen MR) is 125 cm³/mol. The molecule has 0 radical (unpaired) electrons. The van der Waals surface area contributed by atoms with Gasteiger partial charge in [-0.25, -0.2) is 4.99 Å². The Morgan fingerprint density at radius 1 is 1.15 bits per heavy atom. The van der Waals surface area contributed by atoms with Crippen LogP contribution in [0.25, 0.3) is 0 Å². The van der Waals surface area contributed by atoms with E-state index in [9.17, 15) is 0 Å². The Morgan fingerprint density at radius 3 is 2.58 bits per heavy atom. The van der Waals surface area contributed by atoms with Crippen molar-refractivity contribution >= 4 is 41.3 Å². The van der Waals surface area contributed by atoms with Crippen molar-refractivity contribution in [1.82, 2.24) is 15.5 Å². The summed E-state index contributed by atoms with van der Waals surface area (Å²) in [7, 11) is 4.18. The molecule has 0 aliphatic heterocycles. The van der Waals surface area contributed by atoms with Gasteiger partial charge in [-0.1, -0.05) is 37.3 Å². The van der Waals surface area contributed by atoms with Gasteiger partial charge in [0.1, 0.15) is 0 Å². The molecule has 144 valence electrons. The summed E-state index contributed by atoms with van der Waals surface area (Å²) in [6.45, 7) is 7.72. The SMILES string of the molecule is CCNC(=NCc1cccc(CN(C)C)c1)NCC(C)c1cccs1.I. The molecule has 4 nitrogen and oxygen atoms in total. The molecule has 0 aliphatic rings. The van der Waals surface area contributed by atoms with E-state index in [-0.39, 0.29) is 24.0 Å². The summed E-state index contributed by atoms with van der Waals surface area (Å²) in [6.07, 6.45) is 0. The molecule has 0 fully saturated rings. The third-order valence-corrected chi connectivity index (χ3v) is 4.96. The van der Waals surface area contributed by atoms with E-state index < -0.39 is 0 Å². The molecule has 1 unspecified atom stereocenters. The van der Waals surface area contributed by atoms with Crippen molar-refractivity contribution in [1.29, 1.82) is 0 Å². The van der Waals surface area contributed by atoms with Crippen molar-refractivity contribution in [3.8, 4) is 0 Å². The van der Waals surface area contributed by atoms with E-state index in [0.717, 1.165) is 25.6 Å². The minimum absolute atomic E-state index is 0. The maximum absolute atomic E-state index is 4.74. The number of thiophene rings is 1. The van der Waals surface area contributed by atoms with Gasteiger partial charge < -0.3 is 15.5 Å². The molecule has 1 aromatic heterocycles. The number of hydrogen-bond acceptors (Lipinski definition) is 3. The monoisotopic (exact) mass is 486 g/mol. The molecule has 6 heteroatoms. The van der Waals surface area contributed by atoms with Gasteiger partial charge in [0.25, 0.3) is 0 Å². The van der Waals surface area contributed by atoms with Gasteiger partial charge in [-0.3, -0.25) is 0 Å². The Balaban J connectivity index is 0.00000338. The van der Waals surface area contributed by atoms with E-state index in [0.29, 0.717) is 12.5 Å². The van der Waals surface area contributed by atoms with Gasteiger partial charge >= 0.3 is 0 Å². The molecule has 0 aliphatic carbocycles. The average Bonchev–Trinajstić information content (AvgIpc) is 3.11. The maximum atomic E-state index is 4.74. The minimum Gasteiger partial charge on any atom is -0.357 e. The van der Waals surface area contributed by atoms with Crippen molar-refractivity contribution in [3.63, 3.8) is 0 Å². The number of guanidine groups is 1. The van der Waals surface area contributed by atoms with Crippen LogP contribution in [0.2, 0.25) is 0 Å². The van der Waals surface area contributed by atoms with Crippen LogP contribution in [0.4, 0.5) is 0 Å². The number of benzene rings is 1. The smallest absolute Gasteiger partial charge is 0.191 e. The number of aliphatic imine (C=N–C) groups is 1. The van der Waals surface area contributed by atoms with Crippen LogP contribution in [0.3, 0.4) is 0 Å². The molecule has 0 spiro atoms. The largest absolute Gasteiger partial charge is 0.357 e. The number of nitrogens with one attached hydrogen (secondary N) is 2. The van der Waals surface area contributed by atoms with Gasteiger partial charge in [0, 0.05) is 30.4 Å². The van der Waals surface area contributed by atoms with Crippen LogP contribution in [0.1, 0.15) is 35.8 Å². The second-order valence-corrected chi connectivity index (χ2v) is 7.53. The van der Waals surface area contributed by atoms with Crippen molar-refractivity contribution in [2.75, 3.05) is 27.2 Å². The molecule has 0 bridgehead atoms. The van der Waals surface area contributed by atoms with Gasteiger partial charge in [0.15, 0.2) is 5.96 Å². The van der Waals surface area contributed by atoms with Gasteiger partial charge in [-0.2, -0.15) is 0 Å². The summed E-state index contributed by atoms with van der Waals surface area (Å²) in [5, 5.41) is 8.93. The van der Waals surface area contributed by atoms with Gasteiger partial charge in [-0.05, 0) is 43.6 Å². The van der Waals surface area contributed by atoms with Crippen molar-refractivity contribution in [2.45, 2.75) is 32.9 Å². The summed E-state index contributed by atoms with van der Waals surface area (Å²) >= 11 is 1.81. The quantitative estimate of drug-likeness (QED) is 0.332. The summed E-state index contributed by atoms with van der Waals surface area (Å²) in [4.78, 5) is 8.32. The van der Waals surface area contributed by atoms with Crippen LogP contribution in [-0.2, 0) is 13.1 Å². The Labute approximate surface area is 179 Å². The molecule has 2 rings (SSSR count). The first-order chi connectivity index (χ1) is 12.1. The second kappa shape index (κ2) is 12.3. The zero-order valence-corrected chi connectivity index (χ0v) is 19.3. The van der Waals surface area contributed by atoms with Crippen LogP contribution >= 0.6 is 35.3 Å². The van der Waals surface area contributed by atoms with Gasteiger partial charge in [-0.15, -0.1) is 35.3 Å². The zero-order valence-electron chi connectivity index (χ0n) is 16.2. The lowest BCUT2D eigenvalue weighted by molar-refractivity contribution is 0.402. The highest BCUT2D eigenvalue weighted by Crippen LogP contribution is 2.19. The fourth-order valence-electron chi connectivity index (χ4n) is 2.63. The highest BCUT2D eigenvalue weighted by molar-refractivity contribution is 14.0. The first-order valence-electron chi connectivity index (χ1n) is 8.86. The fourth-order valence-corrected chi connectivity index (χ4v) is 3.41. The minimum atomic E-state index is 0. The number of halogens is 1. The van der Waals surface area contributed by atoms with Crippen LogP contribution in [0, 0.1) is 0 Å². The first-order valence-corrected chi connectivity index (χ1v) is 9.74. The third kappa shape index (κ3) is 8.05. The highest BCUT2D eigenvalue weighted by atomic mass is 127. The van der Waals surface area contributed by atoms with E-state index >= 15 is 0 Å². The Morgan fingerprint density at radius 2 is 1.92 bits per heavy atom. The molecular weight excluding hydrogens is 455 g/mol. The molecule has 2 aromatic rings. The third-order valence-electron chi connectivity index (χ3n) is 3.86. The number of rotatable bonds is 8. The molecule has 0 saturated carbocycles. The lowest BCUT2D eigenvalue weighted by Crippen LogP contribution is -2.39. The highest BCUT2D eigenvalue weighted by Gasteiger charge is 2.07. The Bertz CT molecular complexity index is 656. The predicted octanol–water partition coefficient (Wildman–Crippen LogP) is 4.29. The van der Waals surface area contributed by atoms with E-state index in [2.05, 4.69) is 85.3 Å². The van der Waals surface area contributed by atoms with Crippen LogP contribution in [0.5, 0.6) is 0 Å². The Hall–Kier alpha value is -1.12. The number of nitrogens with zero attached hydrogens (tertiary/aromatic N) is 2. The summed E-state index contributed by atoms with van der Waals surface area (Å²) in [5.74, 6) is 1.36. The van der Waals surface area contributed by atoms with Crippen LogP contribution in [-0.4, -0.2) is 38.0 Å². The summed E-state index contributed by atoms with van der Waals surface area (Å²) in [6, 6.07) is 13.0. The number of hydrogen-bond donors (Lipinski definition) is 2. The van der Waals surface area contributed by atoms with E-state index in [1.165, 1.54) is 16.0 Å². The topological polar surface area (TPSA) is 39.7 Å². The van der Waals surface area contributed by atoms with Crippen LogP contribution < -0.4 is 10.6 Å². The molecule has 0 saturated heterocycles. The molecule has 1 aromatic carbocycles. The molecular formula is C20H31IN4S. The molecule has 2 N–H and O–H groups in total. The Kier molecular flexibility index (Phi) is 10.8. The standard InChI is InChI=1S/C20H30N4S.HI/c1-5-21-20(22-13-16(2)19-10-7-11-25-19)23-14-17-8-6-9-18(12-17)15-24(3)4;/h6-12,16H,5,13-15H2,1-4H3,(H2,21,22,23);1H. The molecule has 0 amide bonds. The molecule has 1 atom stereocenters. The molecule has 26 heavy (non-hydrogen) atoms. The maximum Gasteiger partial charge on any atom is 0.191 e. The fraction of sp³-hybridized carbons (Fsp3) is 0.450. The van der Waals surface area contributed by atoms with Gasteiger partial charge in [0.05, 0.1) is 6.54 Å². The van der Waals surface area contributed by atoms with E-state index in [1.54, 1.807) is 0 Å². The zero-order chi connectivity index (χ0) is 18.1. The lowest BCUT2D eigenvalue weighted by atomic mass is 10.1. The summed E-state index contributed by atoms with van der Waals surface area (Å²) < 4.78 is 0. The molecule has 1 heterocycles. The second-order valence-electron chi connectivity index (χ2n) is 6.55. The van der Waals surface area contributed by atoms with Crippen molar-refractivity contribution in [3.05, 3.63) is 57.8 Å². The summed E-state index contributed by atoms with van der Waals surface area (Å²) in [5.41, 5.74) is 2.56. The van der Waals surface area contributed by atoms with Crippen LogP contribution in [0.15, 0.2) is 46.8 Å². The first kappa shape index (κ1) is 22.9.